The molecule has 3 nitrogen and oxygen atoms in total. The molecule has 1 N–H and O–H groups in total. The van der Waals surface area contributed by atoms with Crippen molar-refractivity contribution in [3.05, 3.63) is 16.1 Å². The Balaban J connectivity index is 1.70. The lowest BCUT2D eigenvalue weighted by atomic mass is 10.1. The van der Waals surface area contributed by atoms with Crippen molar-refractivity contribution in [1.29, 1.82) is 0 Å². The molecule has 1 unspecified atom stereocenters. The van der Waals surface area contributed by atoms with Crippen molar-refractivity contribution in [3.63, 3.8) is 0 Å². The van der Waals surface area contributed by atoms with Crippen LogP contribution in [-0.2, 0) is 17.9 Å². The lowest BCUT2D eigenvalue weighted by molar-refractivity contribution is 0.184. The molecular formula is C12H20N2OS. The second-order valence-electron chi connectivity index (χ2n) is 4.63. The summed E-state index contributed by atoms with van der Waals surface area (Å²) in [4.78, 5) is 4.50. The van der Waals surface area contributed by atoms with E-state index in [1.165, 1.54) is 19.3 Å². The van der Waals surface area contributed by atoms with Crippen molar-refractivity contribution in [2.75, 3.05) is 7.11 Å². The number of rotatable bonds is 7. The van der Waals surface area contributed by atoms with Gasteiger partial charge in [-0.25, -0.2) is 4.98 Å². The molecule has 1 aromatic heterocycles. The molecule has 16 heavy (non-hydrogen) atoms. The molecule has 1 atom stereocenters. The van der Waals surface area contributed by atoms with E-state index in [-0.39, 0.29) is 0 Å². The number of nitrogens with one attached hydrogen (secondary N) is 1. The van der Waals surface area contributed by atoms with Gasteiger partial charge in [0.2, 0.25) is 0 Å². The Kier molecular flexibility index (Phi) is 4.32. The lowest BCUT2D eigenvalue weighted by Gasteiger charge is -2.11. The minimum atomic E-state index is 0.611. The zero-order chi connectivity index (χ0) is 11.4. The van der Waals surface area contributed by atoms with Gasteiger partial charge in [-0.2, -0.15) is 0 Å². The van der Waals surface area contributed by atoms with Crippen LogP contribution in [0, 0.1) is 5.92 Å². The molecule has 0 spiro atoms. The van der Waals surface area contributed by atoms with Gasteiger partial charge in [-0.15, -0.1) is 11.3 Å². The number of hydrogen-bond acceptors (Lipinski definition) is 4. The van der Waals surface area contributed by atoms with Crippen LogP contribution in [0.3, 0.4) is 0 Å². The molecule has 2 rings (SSSR count). The van der Waals surface area contributed by atoms with E-state index in [0.29, 0.717) is 12.6 Å². The summed E-state index contributed by atoms with van der Waals surface area (Å²) >= 11 is 1.68. The van der Waals surface area contributed by atoms with Crippen molar-refractivity contribution in [2.24, 2.45) is 5.92 Å². The Morgan fingerprint density at radius 1 is 1.62 bits per heavy atom. The number of thiazole rings is 1. The SMILES string of the molecule is COCc1nc(CNC(C)CC2CC2)cs1. The predicted molar refractivity (Wildman–Crippen MR) is 66.5 cm³/mol. The fourth-order valence-corrected chi connectivity index (χ4v) is 2.60. The van der Waals surface area contributed by atoms with Crippen LogP contribution in [0.1, 0.15) is 36.9 Å². The van der Waals surface area contributed by atoms with Crippen molar-refractivity contribution >= 4 is 11.3 Å². The molecule has 1 saturated carbocycles. The fourth-order valence-electron chi connectivity index (χ4n) is 1.84. The van der Waals surface area contributed by atoms with Gasteiger partial charge >= 0.3 is 0 Å². The summed E-state index contributed by atoms with van der Waals surface area (Å²) in [6.45, 7) is 3.77. The monoisotopic (exact) mass is 240 g/mol. The van der Waals surface area contributed by atoms with E-state index in [0.717, 1.165) is 23.2 Å². The maximum Gasteiger partial charge on any atom is 0.119 e. The van der Waals surface area contributed by atoms with E-state index < -0.39 is 0 Å². The number of methoxy groups -OCH3 is 1. The molecule has 0 radical (unpaired) electrons. The molecule has 1 heterocycles. The molecule has 0 aromatic carbocycles. The van der Waals surface area contributed by atoms with E-state index in [2.05, 4.69) is 22.6 Å². The Bertz CT molecular complexity index is 323. The molecule has 1 aromatic rings. The maximum atomic E-state index is 5.06. The molecule has 1 aliphatic rings. The van der Waals surface area contributed by atoms with Gasteiger partial charge in [0.1, 0.15) is 5.01 Å². The van der Waals surface area contributed by atoms with Crippen LogP contribution >= 0.6 is 11.3 Å². The summed E-state index contributed by atoms with van der Waals surface area (Å²) in [5, 5.41) is 6.71. The van der Waals surface area contributed by atoms with Gasteiger partial charge in [0, 0.05) is 25.1 Å². The van der Waals surface area contributed by atoms with E-state index in [1.807, 2.05) is 0 Å². The highest BCUT2D eigenvalue weighted by Gasteiger charge is 2.23. The van der Waals surface area contributed by atoms with E-state index in [9.17, 15) is 0 Å². The summed E-state index contributed by atoms with van der Waals surface area (Å²) in [7, 11) is 1.71. The molecule has 90 valence electrons. The molecule has 1 fully saturated rings. The zero-order valence-corrected chi connectivity index (χ0v) is 10.8. The van der Waals surface area contributed by atoms with Gasteiger partial charge in [-0.1, -0.05) is 12.8 Å². The first-order valence-electron chi connectivity index (χ1n) is 5.93. The van der Waals surface area contributed by atoms with Gasteiger partial charge in [-0.3, -0.25) is 0 Å². The van der Waals surface area contributed by atoms with Crippen LogP contribution in [0.15, 0.2) is 5.38 Å². The standard InChI is InChI=1S/C12H20N2OS/c1-9(5-10-3-4-10)13-6-11-8-16-12(14-11)7-15-2/h8-10,13H,3-7H2,1-2H3. The summed E-state index contributed by atoms with van der Waals surface area (Å²) in [5.41, 5.74) is 1.14. The first kappa shape index (κ1) is 12.0. The number of hydrogen-bond donors (Lipinski definition) is 1. The van der Waals surface area contributed by atoms with Gasteiger partial charge in [0.05, 0.1) is 12.3 Å². The maximum absolute atomic E-state index is 5.06. The van der Waals surface area contributed by atoms with E-state index in [1.54, 1.807) is 18.4 Å². The largest absolute Gasteiger partial charge is 0.378 e. The highest BCUT2D eigenvalue weighted by molar-refractivity contribution is 7.09. The molecule has 0 aliphatic heterocycles. The fraction of sp³-hybridized carbons (Fsp3) is 0.750. The van der Waals surface area contributed by atoms with Crippen molar-refractivity contribution in [3.8, 4) is 0 Å². The third kappa shape index (κ3) is 3.85. The van der Waals surface area contributed by atoms with Crippen LogP contribution < -0.4 is 5.32 Å². The van der Waals surface area contributed by atoms with Crippen LogP contribution in [0.25, 0.3) is 0 Å². The number of nitrogens with zero attached hydrogens (tertiary/aromatic N) is 1. The molecule has 0 bridgehead atoms. The Morgan fingerprint density at radius 3 is 3.12 bits per heavy atom. The zero-order valence-electron chi connectivity index (χ0n) is 10.0. The third-order valence-electron chi connectivity index (χ3n) is 2.88. The van der Waals surface area contributed by atoms with Crippen molar-refractivity contribution in [2.45, 2.75) is 45.4 Å². The molecule has 0 amide bonds. The quantitative estimate of drug-likeness (QED) is 0.795. The van der Waals surface area contributed by atoms with Crippen molar-refractivity contribution in [1.82, 2.24) is 10.3 Å². The predicted octanol–water partition coefficient (Wildman–Crippen LogP) is 2.57. The second-order valence-corrected chi connectivity index (χ2v) is 5.57. The van der Waals surface area contributed by atoms with Crippen LogP contribution in [0.5, 0.6) is 0 Å². The topological polar surface area (TPSA) is 34.1 Å². The van der Waals surface area contributed by atoms with Gasteiger partial charge < -0.3 is 10.1 Å². The van der Waals surface area contributed by atoms with Gasteiger partial charge in [0.15, 0.2) is 0 Å². The average molecular weight is 240 g/mol. The van der Waals surface area contributed by atoms with E-state index in [4.69, 9.17) is 4.74 Å². The minimum Gasteiger partial charge on any atom is -0.378 e. The third-order valence-corrected chi connectivity index (χ3v) is 3.75. The Morgan fingerprint density at radius 2 is 2.44 bits per heavy atom. The summed E-state index contributed by atoms with van der Waals surface area (Å²) < 4.78 is 5.06. The number of ether oxygens (including phenoxy) is 1. The first-order valence-corrected chi connectivity index (χ1v) is 6.81. The average Bonchev–Trinajstić information content (AvgIpc) is 2.95. The van der Waals surface area contributed by atoms with Gasteiger partial charge in [-0.05, 0) is 19.3 Å². The Labute approximate surface area is 101 Å². The van der Waals surface area contributed by atoms with Gasteiger partial charge in [0.25, 0.3) is 0 Å². The number of aromatic nitrogens is 1. The molecule has 1 aliphatic carbocycles. The first-order chi connectivity index (χ1) is 7.78. The smallest absolute Gasteiger partial charge is 0.119 e. The normalized spacial score (nSPS) is 17.6. The molecule has 4 heteroatoms. The highest BCUT2D eigenvalue weighted by Crippen LogP contribution is 2.33. The summed E-state index contributed by atoms with van der Waals surface area (Å²) in [6, 6.07) is 0.611. The van der Waals surface area contributed by atoms with E-state index >= 15 is 0 Å². The summed E-state index contributed by atoms with van der Waals surface area (Å²) in [5.74, 6) is 0.988. The van der Waals surface area contributed by atoms with Crippen LogP contribution in [0.4, 0.5) is 0 Å². The molecule has 0 saturated heterocycles. The second kappa shape index (κ2) is 5.75. The lowest BCUT2D eigenvalue weighted by Crippen LogP contribution is -2.26. The minimum absolute atomic E-state index is 0.611. The van der Waals surface area contributed by atoms with Crippen LogP contribution in [0.2, 0.25) is 0 Å². The Hall–Kier alpha value is -0.450. The highest BCUT2D eigenvalue weighted by atomic mass is 32.1. The molecular weight excluding hydrogens is 220 g/mol. The van der Waals surface area contributed by atoms with Crippen LogP contribution in [-0.4, -0.2) is 18.1 Å². The van der Waals surface area contributed by atoms with Crippen molar-refractivity contribution < 1.29 is 4.74 Å². The summed E-state index contributed by atoms with van der Waals surface area (Å²) in [6.07, 6.45) is 4.18.